The van der Waals surface area contributed by atoms with Crippen LogP contribution in [-0.2, 0) is 6.42 Å². The molecule has 5 rings (SSSR count). The first-order chi connectivity index (χ1) is 14.7. The van der Waals surface area contributed by atoms with Crippen molar-refractivity contribution < 1.29 is 4.79 Å². The van der Waals surface area contributed by atoms with Crippen molar-refractivity contribution in [3.05, 3.63) is 77.2 Å². The first kappa shape index (κ1) is 18.7. The van der Waals surface area contributed by atoms with E-state index in [0.29, 0.717) is 12.0 Å². The fourth-order valence-electron chi connectivity index (χ4n) is 4.42. The largest absolute Gasteiger partial charge is 0.353 e. The maximum Gasteiger partial charge on any atom is 0.225 e. The van der Waals surface area contributed by atoms with Gasteiger partial charge >= 0.3 is 0 Å². The zero-order valence-electron chi connectivity index (χ0n) is 17.2. The van der Waals surface area contributed by atoms with Crippen molar-refractivity contribution >= 4 is 17.5 Å². The molecule has 1 aromatic carbocycles. The number of aryl methyl sites for hydroxylation is 1. The smallest absolute Gasteiger partial charge is 0.225 e. The van der Waals surface area contributed by atoms with Gasteiger partial charge in [-0.2, -0.15) is 0 Å². The van der Waals surface area contributed by atoms with E-state index < -0.39 is 0 Å². The lowest BCUT2D eigenvalue weighted by Gasteiger charge is -2.35. The monoisotopic (exact) mass is 399 g/mol. The number of pyridine rings is 1. The first-order valence-electron chi connectivity index (χ1n) is 10.5. The van der Waals surface area contributed by atoms with E-state index in [4.69, 9.17) is 4.98 Å². The van der Waals surface area contributed by atoms with Crippen molar-refractivity contribution in [1.82, 2.24) is 15.0 Å². The molecule has 0 saturated carbocycles. The molecule has 0 N–H and O–H groups in total. The molecule has 3 aromatic rings. The Kier molecular flexibility index (Phi) is 4.91. The number of fused-ring (bicyclic) bond motifs is 1. The van der Waals surface area contributed by atoms with Crippen LogP contribution in [0.5, 0.6) is 0 Å². The van der Waals surface area contributed by atoms with Gasteiger partial charge in [-0.05, 0) is 37.0 Å². The van der Waals surface area contributed by atoms with Crippen LogP contribution in [0.25, 0.3) is 0 Å². The Hall–Kier alpha value is -3.28. The van der Waals surface area contributed by atoms with E-state index in [1.165, 1.54) is 11.1 Å². The van der Waals surface area contributed by atoms with E-state index in [-0.39, 0.29) is 11.7 Å². The van der Waals surface area contributed by atoms with Crippen molar-refractivity contribution in [2.75, 3.05) is 36.0 Å². The molecule has 1 aliphatic carbocycles. The number of Topliss-reactive ketones (excluding diaryl/α,β-unsaturated/α-hetero) is 1. The van der Waals surface area contributed by atoms with E-state index in [0.717, 1.165) is 50.1 Å². The van der Waals surface area contributed by atoms with E-state index in [9.17, 15) is 4.79 Å². The summed E-state index contributed by atoms with van der Waals surface area (Å²) in [6.45, 7) is 5.52. The number of hydrogen-bond acceptors (Lipinski definition) is 6. The van der Waals surface area contributed by atoms with Crippen LogP contribution in [-0.4, -0.2) is 46.9 Å². The molecule has 0 unspecified atom stereocenters. The first-order valence-corrected chi connectivity index (χ1v) is 10.5. The predicted molar refractivity (Wildman–Crippen MR) is 117 cm³/mol. The third-order valence-electron chi connectivity index (χ3n) is 6.08. The number of anilines is 2. The van der Waals surface area contributed by atoms with Crippen LogP contribution in [0.3, 0.4) is 0 Å². The van der Waals surface area contributed by atoms with Gasteiger partial charge in [-0.15, -0.1) is 0 Å². The minimum atomic E-state index is 0.147. The Morgan fingerprint density at radius 3 is 2.53 bits per heavy atom. The maximum absolute atomic E-state index is 12.7. The molecule has 0 amide bonds. The van der Waals surface area contributed by atoms with Gasteiger partial charge in [-0.1, -0.05) is 35.9 Å². The van der Waals surface area contributed by atoms with Gasteiger partial charge in [-0.25, -0.2) is 15.0 Å². The lowest BCUT2D eigenvalue weighted by molar-refractivity contribution is 0.0962. The number of aromatic nitrogens is 3. The van der Waals surface area contributed by atoms with Gasteiger partial charge in [0.05, 0.1) is 11.3 Å². The summed E-state index contributed by atoms with van der Waals surface area (Å²) >= 11 is 0. The standard InChI is InChI=1S/C24H25N5O/c1-17-5-4-6-18(13-17)19-14-21-20(22(30)15-19)16-26-24(27-21)29-11-9-28(10-12-29)23-7-2-3-8-25-23/h2-8,13,16,19H,9-12,14-15H2,1H3/t19-/m0/s1. The van der Waals surface area contributed by atoms with Crippen LogP contribution in [0.4, 0.5) is 11.8 Å². The highest BCUT2D eigenvalue weighted by Crippen LogP contribution is 2.32. The molecule has 6 heteroatoms. The van der Waals surface area contributed by atoms with Crippen molar-refractivity contribution in [2.24, 2.45) is 0 Å². The molecule has 1 atom stereocenters. The van der Waals surface area contributed by atoms with Crippen molar-refractivity contribution in [3.63, 3.8) is 0 Å². The third kappa shape index (κ3) is 3.65. The Morgan fingerprint density at radius 2 is 1.77 bits per heavy atom. The molecule has 2 aliphatic rings. The van der Waals surface area contributed by atoms with Gasteiger partial charge in [-0.3, -0.25) is 4.79 Å². The quantitative estimate of drug-likeness (QED) is 0.673. The topological polar surface area (TPSA) is 62.2 Å². The van der Waals surface area contributed by atoms with Gasteiger partial charge in [0.15, 0.2) is 5.78 Å². The minimum Gasteiger partial charge on any atom is -0.353 e. The molecule has 152 valence electrons. The normalized spacial score (nSPS) is 19.0. The molecule has 0 bridgehead atoms. The number of nitrogens with zero attached hydrogens (tertiary/aromatic N) is 5. The summed E-state index contributed by atoms with van der Waals surface area (Å²) < 4.78 is 0. The Morgan fingerprint density at radius 1 is 0.933 bits per heavy atom. The Balaban J connectivity index is 1.33. The second-order valence-corrected chi connectivity index (χ2v) is 8.13. The predicted octanol–water partition coefficient (Wildman–Crippen LogP) is 3.42. The zero-order valence-corrected chi connectivity index (χ0v) is 17.2. The highest BCUT2D eigenvalue weighted by Gasteiger charge is 2.29. The molecule has 0 radical (unpaired) electrons. The lowest BCUT2D eigenvalue weighted by atomic mass is 9.82. The van der Waals surface area contributed by atoms with Gasteiger partial charge < -0.3 is 9.80 Å². The summed E-state index contributed by atoms with van der Waals surface area (Å²) in [6, 6.07) is 14.5. The van der Waals surface area contributed by atoms with Gasteiger partial charge in [0, 0.05) is 45.0 Å². The molecule has 1 fully saturated rings. The van der Waals surface area contributed by atoms with Crippen LogP contribution in [0.15, 0.2) is 54.9 Å². The molecular formula is C24H25N5O. The van der Waals surface area contributed by atoms with Crippen molar-refractivity contribution in [1.29, 1.82) is 0 Å². The van der Waals surface area contributed by atoms with E-state index in [1.807, 2.05) is 24.4 Å². The van der Waals surface area contributed by atoms with Crippen LogP contribution in [0.2, 0.25) is 0 Å². The highest BCUT2D eigenvalue weighted by molar-refractivity contribution is 5.98. The summed E-state index contributed by atoms with van der Waals surface area (Å²) in [4.78, 5) is 31.1. The minimum absolute atomic E-state index is 0.147. The average Bonchev–Trinajstić information content (AvgIpc) is 2.79. The van der Waals surface area contributed by atoms with Gasteiger partial charge in [0.25, 0.3) is 0 Å². The molecule has 3 heterocycles. The second-order valence-electron chi connectivity index (χ2n) is 8.13. The highest BCUT2D eigenvalue weighted by atomic mass is 16.1. The second kappa shape index (κ2) is 7.86. The van der Waals surface area contributed by atoms with Crippen LogP contribution < -0.4 is 9.80 Å². The molecule has 6 nitrogen and oxygen atoms in total. The van der Waals surface area contributed by atoms with E-state index in [2.05, 4.69) is 51.0 Å². The number of rotatable bonds is 3. The van der Waals surface area contributed by atoms with Gasteiger partial charge in [0.1, 0.15) is 5.82 Å². The summed E-state index contributed by atoms with van der Waals surface area (Å²) in [7, 11) is 0. The summed E-state index contributed by atoms with van der Waals surface area (Å²) in [5.41, 5.74) is 4.02. The molecule has 1 aliphatic heterocycles. The molecule has 2 aromatic heterocycles. The van der Waals surface area contributed by atoms with Gasteiger partial charge in [0.2, 0.25) is 5.95 Å². The molecular weight excluding hydrogens is 374 g/mol. The summed E-state index contributed by atoms with van der Waals surface area (Å²) in [5, 5.41) is 0. The van der Waals surface area contributed by atoms with E-state index in [1.54, 1.807) is 6.20 Å². The average molecular weight is 399 g/mol. The number of hydrogen-bond donors (Lipinski definition) is 0. The summed E-state index contributed by atoms with van der Waals surface area (Å²) in [6.07, 6.45) is 4.88. The van der Waals surface area contributed by atoms with Crippen molar-refractivity contribution in [3.8, 4) is 0 Å². The van der Waals surface area contributed by atoms with Crippen LogP contribution in [0, 0.1) is 6.92 Å². The number of piperazine rings is 1. The number of carbonyl (C=O) groups excluding carboxylic acids is 1. The Labute approximate surface area is 176 Å². The van der Waals surface area contributed by atoms with Crippen LogP contribution in [0.1, 0.15) is 39.5 Å². The van der Waals surface area contributed by atoms with E-state index >= 15 is 0 Å². The maximum atomic E-state index is 12.7. The zero-order chi connectivity index (χ0) is 20.5. The summed E-state index contributed by atoms with van der Waals surface area (Å²) in [5.74, 6) is 2.07. The number of benzene rings is 1. The van der Waals surface area contributed by atoms with Crippen LogP contribution >= 0.6 is 0 Å². The fourth-order valence-corrected chi connectivity index (χ4v) is 4.42. The Bertz CT molecular complexity index is 1060. The number of ketones is 1. The SMILES string of the molecule is Cc1cccc([C@@H]2CC(=O)c3cnc(N4CCN(c5ccccn5)CC4)nc3C2)c1. The fraction of sp³-hybridized carbons (Fsp3) is 0.333. The lowest BCUT2D eigenvalue weighted by Crippen LogP contribution is -2.47. The van der Waals surface area contributed by atoms with Crippen molar-refractivity contribution in [2.45, 2.75) is 25.7 Å². The molecule has 1 saturated heterocycles. The molecule has 0 spiro atoms. The molecule has 30 heavy (non-hydrogen) atoms. The number of carbonyl (C=O) groups is 1. The third-order valence-corrected chi connectivity index (χ3v) is 6.08.